The molecule has 1 heterocycles. The number of carbonyl (C=O) groups is 1. The zero-order chi connectivity index (χ0) is 14.5. The lowest BCUT2D eigenvalue weighted by molar-refractivity contribution is -0.114. The molecule has 0 bridgehead atoms. The van der Waals surface area contributed by atoms with E-state index in [2.05, 4.69) is 10.6 Å². The molecule has 0 atom stereocenters. The molecule has 0 spiro atoms. The summed E-state index contributed by atoms with van der Waals surface area (Å²) in [5.74, 6) is -0.577. The largest absolute Gasteiger partial charge is 0.379 e. The highest BCUT2D eigenvalue weighted by atomic mass is 32.1. The first-order valence-electron chi connectivity index (χ1n) is 5.87. The summed E-state index contributed by atoms with van der Waals surface area (Å²) >= 11 is 1.49. The Morgan fingerprint density at radius 3 is 2.90 bits per heavy atom. The van der Waals surface area contributed by atoms with E-state index in [1.807, 2.05) is 17.5 Å². The lowest BCUT2D eigenvalue weighted by Crippen LogP contribution is -2.08. The summed E-state index contributed by atoms with van der Waals surface area (Å²) in [6, 6.07) is 7.77. The standard InChI is InChI=1S/C14H12FN3OS/c1-9(19)18-13-4-5-20-14(13)8-17-12-3-2-11(15)6-10(12)7-16/h2-6,17H,8H2,1H3,(H,18,19). The van der Waals surface area contributed by atoms with Gasteiger partial charge in [-0.1, -0.05) is 0 Å². The van der Waals surface area contributed by atoms with E-state index in [0.717, 1.165) is 10.6 Å². The number of rotatable bonds is 4. The fourth-order valence-electron chi connectivity index (χ4n) is 1.72. The fourth-order valence-corrected chi connectivity index (χ4v) is 2.49. The third-order valence-electron chi connectivity index (χ3n) is 2.60. The number of hydrogen-bond donors (Lipinski definition) is 2. The van der Waals surface area contributed by atoms with Gasteiger partial charge in [0.15, 0.2) is 0 Å². The Morgan fingerprint density at radius 2 is 2.20 bits per heavy atom. The molecule has 6 heteroatoms. The van der Waals surface area contributed by atoms with Gasteiger partial charge in [0.2, 0.25) is 5.91 Å². The molecule has 0 fully saturated rings. The molecule has 1 amide bonds. The second kappa shape index (κ2) is 6.17. The normalized spacial score (nSPS) is 9.85. The van der Waals surface area contributed by atoms with Crippen LogP contribution in [0, 0.1) is 17.1 Å². The SMILES string of the molecule is CC(=O)Nc1ccsc1CNc1ccc(F)cc1C#N. The number of nitriles is 1. The maximum atomic E-state index is 13.0. The maximum Gasteiger partial charge on any atom is 0.221 e. The summed E-state index contributed by atoms with van der Waals surface area (Å²) in [5.41, 5.74) is 1.56. The average molecular weight is 289 g/mol. The second-order valence-corrected chi connectivity index (χ2v) is 5.09. The van der Waals surface area contributed by atoms with E-state index in [0.29, 0.717) is 12.2 Å². The first kappa shape index (κ1) is 14.0. The number of thiophene rings is 1. The number of anilines is 2. The van der Waals surface area contributed by atoms with Gasteiger partial charge in [0, 0.05) is 11.8 Å². The minimum absolute atomic E-state index is 0.135. The van der Waals surface area contributed by atoms with Crippen LogP contribution in [0.5, 0.6) is 0 Å². The number of benzene rings is 1. The van der Waals surface area contributed by atoms with E-state index in [4.69, 9.17) is 5.26 Å². The predicted octanol–water partition coefficient (Wildman–Crippen LogP) is 3.33. The van der Waals surface area contributed by atoms with Gasteiger partial charge in [0.05, 0.1) is 23.5 Å². The Morgan fingerprint density at radius 1 is 1.40 bits per heavy atom. The molecule has 1 aromatic carbocycles. The van der Waals surface area contributed by atoms with Crippen molar-refractivity contribution in [3.8, 4) is 6.07 Å². The zero-order valence-corrected chi connectivity index (χ0v) is 11.6. The zero-order valence-electron chi connectivity index (χ0n) is 10.7. The molecular weight excluding hydrogens is 277 g/mol. The molecule has 2 aromatic rings. The number of amides is 1. The van der Waals surface area contributed by atoms with Crippen LogP contribution >= 0.6 is 11.3 Å². The molecule has 0 saturated carbocycles. The van der Waals surface area contributed by atoms with E-state index < -0.39 is 5.82 Å². The third kappa shape index (κ3) is 3.33. The summed E-state index contributed by atoms with van der Waals surface area (Å²) in [6.07, 6.45) is 0. The van der Waals surface area contributed by atoms with Crippen molar-refractivity contribution in [2.45, 2.75) is 13.5 Å². The van der Waals surface area contributed by atoms with Crippen LogP contribution in [0.25, 0.3) is 0 Å². The van der Waals surface area contributed by atoms with Crippen molar-refractivity contribution < 1.29 is 9.18 Å². The van der Waals surface area contributed by atoms with Gasteiger partial charge in [-0.3, -0.25) is 4.79 Å². The Bertz CT molecular complexity index is 675. The van der Waals surface area contributed by atoms with Crippen LogP contribution in [0.15, 0.2) is 29.6 Å². The summed E-state index contributed by atoms with van der Waals surface area (Å²) < 4.78 is 13.0. The van der Waals surface area contributed by atoms with E-state index in [1.165, 1.54) is 36.5 Å². The minimum Gasteiger partial charge on any atom is -0.379 e. The van der Waals surface area contributed by atoms with Crippen molar-refractivity contribution >= 4 is 28.6 Å². The Hall–Kier alpha value is -2.39. The summed E-state index contributed by atoms with van der Waals surface area (Å²) in [5, 5.41) is 16.6. The predicted molar refractivity (Wildman–Crippen MR) is 77.1 cm³/mol. The topological polar surface area (TPSA) is 64.9 Å². The van der Waals surface area contributed by atoms with E-state index in [9.17, 15) is 9.18 Å². The van der Waals surface area contributed by atoms with Gasteiger partial charge in [-0.05, 0) is 29.6 Å². The molecule has 0 aliphatic carbocycles. The van der Waals surface area contributed by atoms with Crippen molar-refractivity contribution in [2.24, 2.45) is 0 Å². The smallest absolute Gasteiger partial charge is 0.221 e. The molecule has 20 heavy (non-hydrogen) atoms. The van der Waals surface area contributed by atoms with Crippen LogP contribution in [0.4, 0.5) is 15.8 Å². The maximum absolute atomic E-state index is 13.0. The lowest BCUT2D eigenvalue weighted by atomic mass is 10.2. The molecule has 0 saturated heterocycles. The Kier molecular flexibility index (Phi) is 4.33. The summed E-state index contributed by atoms with van der Waals surface area (Å²) in [6.45, 7) is 1.90. The van der Waals surface area contributed by atoms with E-state index >= 15 is 0 Å². The molecule has 0 unspecified atom stereocenters. The van der Waals surface area contributed by atoms with Crippen molar-refractivity contribution in [3.05, 3.63) is 45.9 Å². The van der Waals surface area contributed by atoms with E-state index in [1.54, 1.807) is 0 Å². The summed E-state index contributed by atoms with van der Waals surface area (Å²) in [7, 11) is 0. The highest BCUT2D eigenvalue weighted by Crippen LogP contribution is 2.24. The summed E-state index contributed by atoms with van der Waals surface area (Å²) in [4.78, 5) is 12.0. The number of hydrogen-bond acceptors (Lipinski definition) is 4. The van der Waals surface area contributed by atoms with Gasteiger partial charge in [-0.25, -0.2) is 4.39 Å². The molecule has 0 aliphatic heterocycles. The molecule has 2 N–H and O–H groups in total. The average Bonchev–Trinajstić information content (AvgIpc) is 2.83. The van der Waals surface area contributed by atoms with E-state index in [-0.39, 0.29) is 11.5 Å². The Balaban J connectivity index is 2.12. The van der Waals surface area contributed by atoms with Gasteiger partial charge in [0.1, 0.15) is 11.9 Å². The highest BCUT2D eigenvalue weighted by Gasteiger charge is 2.08. The van der Waals surface area contributed by atoms with Gasteiger partial charge >= 0.3 is 0 Å². The number of nitrogens with zero attached hydrogens (tertiary/aromatic N) is 1. The van der Waals surface area contributed by atoms with Crippen molar-refractivity contribution in [1.29, 1.82) is 5.26 Å². The monoisotopic (exact) mass is 289 g/mol. The molecule has 1 aromatic heterocycles. The van der Waals surface area contributed by atoms with Gasteiger partial charge in [-0.2, -0.15) is 5.26 Å². The highest BCUT2D eigenvalue weighted by molar-refractivity contribution is 7.10. The van der Waals surface area contributed by atoms with Crippen LogP contribution in [-0.2, 0) is 11.3 Å². The van der Waals surface area contributed by atoms with Crippen LogP contribution in [0.1, 0.15) is 17.4 Å². The minimum atomic E-state index is -0.442. The molecule has 2 rings (SSSR count). The quantitative estimate of drug-likeness (QED) is 0.907. The molecule has 102 valence electrons. The molecular formula is C14H12FN3OS. The second-order valence-electron chi connectivity index (χ2n) is 4.09. The van der Waals surface area contributed by atoms with Crippen LogP contribution in [0.3, 0.4) is 0 Å². The number of carbonyl (C=O) groups excluding carboxylic acids is 1. The molecule has 4 nitrogen and oxygen atoms in total. The lowest BCUT2D eigenvalue weighted by Gasteiger charge is -2.09. The van der Waals surface area contributed by atoms with Crippen molar-refractivity contribution in [3.63, 3.8) is 0 Å². The van der Waals surface area contributed by atoms with Crippen LogP contribution < -0.4 is 10.6 Å². The van der Waals surface area contributed by atoms with Crippen LogP contribution in [0.2, 0.25) is 0 Å². The van der Waals surface area contributed by atoms with Gasteiger partial charge in [-0.15, -0.1) is 11.3 Å². The fraction of sp³-hybridized carbons (Fsp3) is 0.143. The first-order chi connectivity index (χ1) is 9.60. The first-order valence-corrected chi connectivity index (χ1v) is 6.75. The third-order valence-corrected chi connectivity index (χ3v) is 3.52. The number of nitrogens with one attached hydrogen (secondary N) is 2. The van der Waals surface area contributed by atoms with Gasteiger partial charge < -0.3 is 10.6 Å². The van der Waals surface area contributed by atoms with Crippen LogP contribution in [-0.4, -0.2) is 5.91 Å². The molecule has 0 radical (unpaired) electrons. The molecule has 0 aliphatic rings. The Labute approximate surface area is 119 Å². The van der Waals surface area contributed by atoms with Gasteiger partial charge in [0.25, 0.3) is 0 Å². The van der Waals surface area contributed by atoms with Crippen molar-refractivity contribution in [2.75, 3.05) is 10.6 Å². The van der Waals surface area contributed by atoms with Crippen molar-refractivity contribution in [1.82, 2.24) is 0 Å². The number of halogens is 1.